The maximum atomic E-state index is 12.7. The number of nitrogens with zero attached hydrogens (tertiary/aromatic N) is 4. The molecule has 0 atom stereocenters. The van der Waals surface area contributed by atoms with Gasteiger partial charge >= 0.3 is 6.18 Å². The second-order valence-electron chi connectivity index (χ2n) is 4.10. The predicted octanol–water partition coefficient (Wildman–Crippen LogP) is 3.79. The van der Waals surface area contributed by atoms with Crippen molar-refractivity contribution in [2.45, 2.75) is 6.18 Å². The fraction of sp³-hybridized carbons (Fsp3) is 0.154. The molecule has 0 N–H and O–H groups in total. The second-order valence-corrected chi connectivity index (χ2v) is 4.44. The van der Waals surface area contributed by atoms with Gasteiger partial charge in [-0.3, -0.25) is 0 Å². The van der Waals surface area contributed by atoms with Gasteiger partial charge in [-0.25, -0.2) is 9.97 Å². The zero-order valence-electron chi connectivity index (χ0n) is 10.7. The van der Waals surface area contributed by atoms with Gasteiger partial charge in [-0.15, -0.1) is 0 Å². The first kappa shape index (κ1) is 15.1. The Bertz CT molecular complexity index is 709. The Morgan fingerprint density at radius 1 is 1.24 bits per heavy atom. The number of halogens is 4. The van der Waals surface area contributed by atoms with Crippen LogP contribution in [0.5, 0.6) is 0 Å². The third kappa shape index (κ3) is 3.41. The maximum absolute atomic E-state index is 12.7. The first-order valence-electron chi connectivity index (χ1n) is 5.67. The van der Waals surface area contributed by atoms with Crippen molar-refractivity contribution >= 4 is 23.1 Å². The van der Waals surface area contributed by atoms with E-state index < -0.39 is 17.2 Å². The van der Waals surface area contributed by atoms with Gasteiger partial charge in [0.1, 0.15) is 5.82 Å². The Balaban J connectivity index is 2.46. The first-order chi connectivity index (χ1) is 9.81. The highest BCUT2D eigenvalue weighted by molar-refractivity contribution is 6.28. The van der Waals surface area contributed by atoms with E-state index in [4.69, 9.17) is 16.9 Å². The Morgan fingerprint density at radius 2 is 1.95 bits per heavy atom. The average Bonchev–Trinajstić information content (AvgIpc) is 2.45. The standard InChI is InChI=1S/C13H8ClF3N4/c1-21(9-4-2-3-8(5-9)7-18)11-6-10(13(15,16)17)19-12(14)20-11/h2-6H,1H3. The summed E-state index contributed by atoms with van der Waals surface area (Å²) in [5.74, 6) is -0.0163. The number of anilines is 2. The summed E-state index contributed by atoms with van der Waals surface area (Å²) in [6, 6.07) is 9.14. The van der Waals surface area contributed by atoms with E-state index >= 15 is 0 Å². The number of alkyl halides is 3. The van der Waals surface area contributed by atoms with Crippen molar-refractivity contribution in [3.05, 3.63) is 46.9 Å². The summed E-state index contributed by atoms with van der Waals surface area (Å²) in [5.41, 5.74) is -0.228. The van der Waals surface area contributed by atoms with Crippen LogP contribution in [0.1, 0.15) is 11.3 Å². The minimum Gasteiger partial charge on any atom is -0.329 e. The minimum absolute atomic E-state index is 0.0163. The van der Waals surface area contributed by atoms with Gasteiger partial charge in [0.2, 0.25) is 5.28 Å². The zero-order valence-corrected chi connectivity index (χ0v) is 11.4. The topological polar surface area (TPSA) is 52.8 Å². The molecule has 108 valence electrons. The molecule has 21 heavy (non-hydrogen) atoms. The van der Waals surface area contributed by atoms with Crippen LogP contribution in [0.15, 0.2) is 30.3 Å². The number of benzene rings is 1. The van der Waals surface area contributed by atoms with Gasteiger partial charge in [0.05, 0.1) is 11.6 Å². The van der Waals surface area contributed by atoms with Crippen molar-refractivity contribution in [3.8, 4) is 6.07 Å². The lowest BCUT2D eigenvalue weighted by molar-refractivity contribution is -0.141. The highest BCUT2D eigenvalue weighted by Crippen LogP contribution is 2.32. The molecule has 0 aliphatic heterocycles. The number of hydrogen-bond donors (Lipinski definition) is 0. The fourth-order valence-electron chi connectivity index (χ4n) is 1.64. The summed E-state index contributed by atoms with van der Waals surface area (Å²) in [6.07, 6.45) is -4.61. The third-order valence-corrected chi connectivity index (χ3v) is 2.85. The minimum atomic E-state index is -4.61. The van der Waals surface area contributed by atoms with Crippen LogP contribution in [0.3, 0.4) is 0 Å². The third-order valence-electron chi connectivity index (χ3n) is 2.68. The van der Waals surface area contributed by atoms with E-state index in [1.54, 1.807) is 18.2 Å². The molecule has 0 fully saturated rings. The lowest BCUT2D eigenvalue weighted by Crippen LogP contribution is -2.15. The normalized spacial score (nSPS) is 11.0. The second kappa shape index (κ2) is 5.58. The van der Waals surface area contributed by atoms with Crippen molar-refractivity contribution in [3.63, 3.8) is 0 Å². The van der Waals surface area contributed by atoms with Crippen molar-refractivity contribution in [2.75, 3.05) is 11.9 Å². The van der Waals surface area contributed by atoms with Gasteiger partial charge < -0.3 is 4.90 Å². The van der Waals surface area contributed by atoms with Gasteiger partial charge in [0.25, 0.3) is 0 Å². The number of rotatable bonds is 2. The number of hydrogen-bond acceptors (Lipinski definition) is 4. The zero-order chi connectivity index (χ0) is 15.6. The van der Waals surface area contributed by atoms with Crippen LogP contribution in [0.2, 0.25) is 5.28 Å². The molecule has 0 aliphatic rings. The van der Waals surface area contributed by atoms with Gasteiger partial charge in [0, 0.05) is 18.8 Å². The SMILES string of the molecule is CN(c1cccc(C#N)c1)c1cc(C(F)(F)F)nc(Cl)n1. The molecule has 0 amide bonds. The van der Waals surface area contributed by atoms with Crippen LogP contribution < -0.4 is 4.90 Å². The summed E-state index contributed by atoms with van der Waals surface area (Å²) in [7, 11) is 1.52. The number of aromatic nitrogens is 2. The molecular weight excluding hydrogens is 305 g/mol. The van der Waals surface area contributed by atoms with Crippen LogP contribution in [0.4, 0.5) is 24.7 Å². The highest BCUT2D eigenvalue weighted by Gasteiger charge is 2.34. The number of nitriles is 1. The molecule has 0 unspecified atom stereocenters. The Labute approximate surface area is 123 Å². The molecule has 0 saturated heterocycles. The quantitative estimate of drug-likeness (QED) is 0.792. The van der Waals surface area contributed by atoms with E-state index in [1.165, 1.54) is 18.0 Å². The van der Waals surface area contributed by atoms with E-state index in [2.05, 4.69) is 9.97 Å². The van der Waals surface area contributed by atoms with Gasteiger partial charge in [-0.2, -0.15) is 18.4 Å². The molecule has 0 aliphatic carbocycles. The van der Waals surface area contributed by atoms with Gasteiger partial charge in [-0.1, -0.05) is 6.07 Å². The molecule has 0 radical (unpaired) electrons. The fourth-order valence-corrected chi connectivity index (χ4v) is 1.82. The van der Waals surface area contributed by atoms with Crippen molar-refractivity contribution < 1.29 is 13.2 Å². The van der Waals surface area contributed by atoms with E-state index in [-0.39, 0.29) is 5.82 Å². The van der Waals surface area contributed by atoms with Crippen molar-refractivity contribution in [1.29, 1.82) is 5.26 Å². The van der Waals surface area contributed by atoms with Crippen LogP contribution in [-0.2, 0) is 6.18 Å². The molecule has 1 aromatic carbocycles. The molecule has 0 bridgehead atoms. The molecule has 4 nitrogen and oxygen atoms in total. The van der Waals surface area contributed by atoms with Crippen molar-refractivity contribution in [1.82, 2.24) is 9.97 Å². The molecule has 1 heterocycles. The molecule has 1 aromatic heterocycles. The summed E-state index contributed by atoms with van der Waals surface area (Å²) in [5, 5.41) is 8.35. The van der Waals surface area contributed by atoms with E-state index in [1.807, 2.05) is 6.07 Å². The average molecular weight is 313 g/mol. The largest absolute Gasteiger partial charge is 0.433 e. The van der Waals surface area contributed by atoms with Gasteiger partial charge in [-0.05, 0) is 29.8 Å². The summed E-state index contributed by atoms with van der Waals surface area (Å²) in [6.45, 7) is 0. The van der Waals surface area contributed by atoms with E-state index in [0.29, 0.717) is 11.3 Å². The Hall–Kier alpha value is -2.33. The molecule has 2 rings (SSSR count). The monoisotopic (exact) mass is 312 g/mol. The summed E-state index contributed by atoms with van der Waals surface area (Å²) in [4.78, 5) is 8.33. The van der Waals surface area contributed by atoms with E-state index in [9.17, 15) is 13.2 Å². The Kier molecular flexibility index (Phi) is 4.00. The first-order valence-corrected chi connectivity index (χ1v) is 6.05. The predicted molar refractivity (Wildman–Crippen MR) is 71.3 cm³/mol. The summed E-state index contributed by atoms with van der Waals surface area (Å²) < 4.78 is 38.2. The maximum Gasteiger partial charge on any atom is 0.433 e. The van der Waals surface area contributed by atoms with Crippen molar-refractivity contribution in [2.24, 2.45) is 0 Å². The molecule has 0 spiro atoms. The lowest BCUT2D eigenvalue weighted by atomic mass is 10.2. The molecular formula is C13H8ClF3N4. The van der Waals surface area contributed by atoms with Crippen LogP contribution >= 0.6 is 11.6 Å². The lowest BCUT2D eigenvalue weighted by Gasteiger charge is -2.19. The smallest absolute Gasteiger partial charge is 0.329 e. The molecule has 8 heteroatoms. The molecule has 2 aromatic rings. The van der Waals surface area contributed by atoms with Crippen LogP contribution in [0.25, 0.3) is 0 Å². The Morgan fingerprint density at radius 3 is 2.57 bits per heavy atom. The van der Waals surface area contributed by atoms with Gasteiger partial charge in [0.15, 0.2) is 5.69 Å². The van der Waals surface area contributed by atoms with Crippen LogP contribution in [0, 0.1) is 11.3 Å². The summed E-state index contributed by atoms with van der Waals surface area (Å²) >= 11 is 5.54. The van der Waals surface area contributed by atoms with E-state index in [0.717, 1.165) is 6.07 Å². The van der Waals surface area contributed by atoms with Crippen LogP contribution in [-0.4, -0.2) is 17.0 Å². The highest BCUT2D eigenvalue weighted by atomic mass is 35.5. The molecule has 0 saturated carbocycles.